The zero-order chi connectivity index (χ0) is 8.43. The molecule has 0 aliphatic carbocycles. The van der Waals surface area contributed by atoms with Gasteiger partial charge in [-0.25, -0.2) is 0 Å². The second-order valence-corrected chi connectivity index (χ2v) is 3.46. The van der Waals surface area contributed by atoms with E-state index >= 15 is 0 Å². The van der Waals surface area contributed by atoms with Crippen molar-refractivity contribution in [2.24, 2.45) is 11.8 Å². The average molecular weight is 194 g/mol. The number of hydrogen-bond donors (Lipinski definition) is 2. The highest BCUT2D eigenvalue weighted by atomic mass is 35.5. The third-order valence-electron chi connectivity index (χ3n) is 2.30. The molecule has 0 aromatic heterocycles. The molecule has 1 fully saturated rings. The van der Waals surface area contributed by atoms with Crippen LogP contribution in [0.1, 0.15) is 20.3 Å². The van der Waals surface area contributed by atoms with Gasteiger partial charge < -0.3 is 10.4 Å². The maximum absolute atomic E-state index is 10.7. The normalized spacial score (nSPS) is 28.6. The van der Waals surface area contributed by atoms with Crippen LogP contribution in [0, 0.1) is 11.8 Å². The zero-order valence-electron chi connectivity index (χ0n) is 7.41. The van der Waals surface area contributed by atoms with Gasteiger partial charge in [0.15, 0.2) is 0 Å². The van der Waals surface area contributed by atoms with Crippen LogP contribution < -0.4 is 5.32 Å². The number of carboxylic acid groups (broad SMARTS) is 1. The smallest absolute Gasteiger partial charge is 0.308 e. The van der Waals surface area contributed by atoms with Crippen LogP contribution in [0.3, 0.4) is 0 Å². The molecule has 1 heterocycles. The number of carboxylic acids is 1. The van der Waals surface area contributed by atoms with Gasteiger partial charge in [-0.15, -0.1) is 12.4 Å². The van der Waals surface area contributed by atoms with Crippen molar-refractivity contribution in [3.63, 3.8) is 0 Å². The van der Waals surface area contributed by atoms with E-state index in [9.17, 15) is 4.79 Å². The van der Waals surface area contributed by atoms with Crippen LogP contribution in [-0.4, -0.2) is 23.7 Å². The van der Waals surface area contributed by atoms with Gasteiger partial charge in [0.1, 0.15) is 0 Å². The molecule has 0 amide bonds. The van der Waals surface area contributed by atoms with Gasteiger partial charge in [0.05, 0.1) is 5.92 Å². The van der Waals surface area contributed by atoms with Gasteiger partial charge >= 0.3 is 5.97 Å². The molecule has 0 aromatic carbocycles. The van der Waals surface area contributed by atoms with Crippen molar-refractivity contribution in [3.05, 3.63) is 0 Å². The molecule has 12 heavy (non-hydrogen) atoms. The number of aliphatic carboxylic acids is 1. The standard InChI is InChI=1S/C8H15NO2.ClH/c1-5(2)7-6(8(10)11)3-4-9-7;/h5-7,9H,3-4H2,1-2H3,(H,10,11);1H. The third-order valence-corrected chi connectivity index (χ3v) is 2.30. The lowest BCUT2D eigenvalue weighted by molar-refractivity contribution is -0.142. The molecule has 2 unspecified atom stereocenters. The summed E-state index contributed by atoms with van der Waals surface area (Å²) in [5, 5.41) is 12.0. The van der Waals surface area contributed by atoms with Crippen LogP contribution >= 0.6 is 12.4 Å². The highest BCUT2D eigenvalue weighted by Gasteiger charge is 2.34. The first-order valence-electron chi connectivity index (χ1n) is 4.09. The Morgan fingerprint density at radius 3 is 2.50 bits per heavy atom. The summed E-state index contributed by atoms with van der Waals surface area (Å²) in [5.41, 5.74) is 0. The van der Waals surface area contributed by atoms with Crippen LogP contribution in [0.4, 0.5) is 0 Å². The van der Waals surface area contributed by atoms with Crippen LogP contribution in [0.2, 0.25) is 0 Å². The molecule has 1 rings (SSSR count). The summed E-state index contributed by atoms with van der Waals surface area (Å²) in [4.78, 5) is 10.7. The zero-order valence-corrected chi connectivity index (χ0v) is 8.23. The Morgan fingerprint density at radius 1 is 1.58 bits per heavy atom. The Bertz CT molecular complexity index is 161. The van der Waals surface area contributed by atoms with Gasteiger partial charge in [0.2, 0.25) is 0 Å². The van der Waals surface area contributed by atoms with E-state index in [1.165, 1.54) is 0 Å². The van der Waals surface area contributed by atoms with Crippen LogP contribution in [-0.2, 0) is 4.79 Å². The molecule has 0 aromatic rings. The fraction of sp³-hybridized carbons (Fsp3) is 0.875. The van der Waals surface area contributed by atoms with Gasteiger partial charge in [-0.2, -0.15) is 0 Å². The lowest BCUT2D eigenvalue weighted by Gasteiger charge is -2.19. The number of halogens is 1. The van der Waals surface area contributed by atoms with E-state index in [0.29, 0.717) is 5.92 Å². The number of nitrogens with one attached hydrogen (secondary N) is 1. The van der Waals surface area contributed by atoms with E-state index in [0.717, 1.165) is 13.0 Å². The highest BCUT2D eigenvalue weighted by molar-refractivity contribution is 5.85. The van der Waals surface area contributed by atoms with Crippen molar-refractivity contribution in [1.82, 2.24) is 5.32 Å². The van der Waals surface area contributed by atoms with E-state index < -0.39 is 5.97 Å². The first kappa shape index (κ1) is 11.7. The topological polar surface area (TPSA) is 49.3 Å². The fourth-order valence-electron chi connectivity index (χ4n) is 1.70. The second-order valence-electron chi connectivity index (χ2n) is 3.46. The van der Waals surface area contributed by atoms with Crippen molar-refractivity contribution >= 4 is 18.4 Å². The average Bonchev–Trinajstić information content (AvgIpc) is 2.32. The number of hydrogen-bond acceptors (Lipinski definition) is 2. The molecule has 1 aliphatic heterocycles. The molecule has 2 N–H and O–H groups in total. The molecule has 0 radical (unpaired) electrons. The SMILES string of the molecule is CC(C)C1NCCC1C(=O)O.Cl. The summed E-state index contributed by atoms with van der Waals surface area (Å²) >= 11 is 0. The maximum Gasteiger partial charge on any atom is 0.308 e. The second kappa shape index (κ2) is 4.67. The third kappa shape index (κ3) is 2.35. The Hall–Kier alpha value is -0.280. The van der Waals surface area contributed by atoms with Crippen molar-refractivity contribution in [2.75, 3.05) is 6.54 Å². The number of carbonyl (C=O) groups is 1. The predicted molar refractivity (Wildman–Crippen MR) is 49.6 cm³/mol. The van der Waals surface area contributed by atoms with Gasteiger partial charge in [0, 0.05) is 6.04 Å². The largest absolute Gasteiger partial charge is 0.481 e. The van der Waals surface area contributed by atoms with Crippen LogP contribution in [0.5, 0.6) is 0 Å². The molecule has 0 spiro atoms. The number of rotatable bonds is 2. The first-order valence-corrected chi connectivity index (χ1v) is 4.09. The summed E-state index contributed by atoms with van der Waals surface area (Å²) in [6, 6.07) is 0.174. The Kier molecular flexibility index (Phi) is 4.57. The van der Waals surface area contributed by atoms with Gasteiger partial charge in [-0.05, 0) is 18.9 Å². The lowest BCUT2D eigenvalue weighted by atomic mass is 9.92. The molecule has 3 nitrogen and oxygen atoms in total. The van der Waals surface area contributed by atoms with Crippen molar-refractivity contribution in [1.29, 1.82) is 0 Å². The van der Waals surface area contributed by atoms with Crippen LogP contribution in [0.15, 0.2) is 0 Å². The molecule has 4 heteroatoms. The van der Waals surface area contributed by atoms with E-state index in [1.54, 1.807) is 0 Å². The summed E-state index contributed by atoms with van der Waals surface area (Å²) in [7, 11) is 0. The Labute approximate surface area is 78.9 Å². The van der Waals surface area contributed by atoms with E-state index in [1.807, 2.05) is 0 Å². The fourth-order valence-corrected chi connectivity index (χ4v) is 1.70. The molecule has 2 atom stereocenters. The van der Waals surface area contributed by atoms with E-state index in [4.69, 9.17) is 5.11 Å². The van der Waals surface area contributed by atoms with E-state index in [-0.39, 0.29) is 24.4 Å². The monoisotopic (exact) mass is 193 g/mol. The summed E-state index contributed by atoms with van der Waals surface area (Å²) in [6.07, 6.45) is 0.776. The molecule has 0 bridgehead atoms. The minimum Gasteiger partial charge on any atom is -0.481 e. The summed E-state index contributed by atoms with van der Waals surface area (Å²) < 4.78 is 0. The molecule has 72 valence electrons. The first-order chi connectivity index (χ1) is 5.13. The molecule has 0 saturated carbocycles. The Balaban J connectivity index is 0.00000121. The van der Waals surface area contributed by atoms with Crippen molar-refractivity contribution in [2.45, 2.75) is 26.3 Å². The molecule has 1 saturated heterocycles. The quantitative estimate of drug-likeness (QED) is 0.691. The minimum absolute atomic E-state index is 0. The minimum atomic E-state index is -0.659. The van der Waals surface area contributed by atoms with Crippen LogP contribution in [0.25, 0.3) is 0 Å². The maximum atomic E-state index is 10.7. The van der Waals surface area contributed by atoms with Gasteiger partial charge in [0.25, 0.3) is 0 Å². The summed E-state index contributed by atoms with van der Waals surface area (Å²) in [5.74, 6) is -0.415. The van der Waals surface area contributed by atoms with Crippen molar-refractivity contribution < 1.29 is 9.90 Å². The highest BCUT2D eigenvalue weighted by Crippen LogP contribution is 2.21. The van der Waals surface area contributed by atoms with Gasteiger partial charge in [-0.1, -0.05) is 13.8 Å². The molecular formula is C8H16ClNO2. The van der Waals surface area contributed by atoms with Crippen molar-refractivity contribution in [3.8, 4) is 0 Å². The lowest BCUT2D eigenvalue weighted by Crippen LogP contribution is -2.35. The Morgan fingerprint density at radius 2 is 2.17 bits per heavy atom. The predicted octanol–water partition coefficient (Wildman–Crippen LogP) is 1.13. The summed E-state index contributed by atoms with van der Waals surface area (Å²) in [6.45, 7) is 4.96. The molecule has 1 aliphatic rings. The van der Waals surface area contributed by atoms with Gasteiger partial charge in [-0.3, -0.25) is 4.79 Å². The van der Waals surface area contributed by atoms with E-state index in [2.05, 4.69) is 19.2 Å². The molecular weight excluding hydrogens is 178 g/mol.